The van der Waals surface area contributed by atoms with Gasteiger partial charge in [-0.25, -0.2) is 12.8 Å². The van der Waals surface area contributed by atoms with Gasteiger partial charge < -0.3 is 20.3 Å². The molecular weight excluding hydrogens is 544 g/mol. The van der Waals surface area contributed by atoms with Crippen molar-refractivity contribution in [1.82, 2.24) is 4.57 Å². The molecule has 1 aromatic heterocycles. The molecule has 0 amide bonds. The van der Waals surface area contributed by atoms with Crippen molar-refractivity contribution in [3.05, 3.63) is 44.0 Å². The van der Waals surface area contributed by atoms with Gasteiger partial charge in [0.15, 0.2) is 5.75 Å². The van der Waals surface area contributed by atoms with Crippen LogP contribution in [0.5, 0.6) is 5.75 Å². The highest BCUT2D eigenvalue weighted by molar-refractivity contribution is 14.1. The summed E-state index contributed by atoms with van der Waals surface area (Å²) in [7, 11) is -1.36. The average Bonchev–Trinajstić information content (AvgIpc) is 3.50. The molecule has 1 aromatic carbocycles. The van der Waals surface area contributed by atoms with E-state index in [1.54, 1.807) is 6.07 Å². The number of aromatic nitrogens is 1. The van der Waals surface area contributed by atoms with Gasteiger partial charge in [0.2, 0.25) is 10.0 Å². The normalized spacial score (nSPS) is 15.9. The number of aliphatic hydroxyl groups excluding tert-OH is 2. The van der Waals surface area contributed by atoms with Crippen LogP contribution in [-0.4, -0.2) is 47.8 Å². The first-order valence-electron chi connectivity index (χ1n) is 9.35. The zero-order valence-electron chi connectivity index (χ0n) is 16.9. The predicted molar refractivity (Wildman–Crippen MR) is 123 cm³/mol. The number of halogens is 2. The van der Waals surface area contributed by atoms with Gasteiger partial charge in [-0.2, -0.15) is 0 Å². The number of hydrogen-bond acceptors (Lipinski definition) is 7. The molecule has 1 heterocycles. The number of aliphatic hydroxyl groups is 2. The monoisotopic (exact) mass is 567 g/mol. The maximum absolute atomic E-state index is 14.4. The molecule has 0 unspecified atom stereocenters. The first kappa shape index (κ1) is 23.8. The van der Waals surface area contributed by atoms with Crippen LogP contribution in [0.3, 0.4) is 0 Å². The highest BCUT2D eigenvalue weighted by Crippen LogP contribution is 2.49. The van der Waals surface area contributed by atoms with E-state index in [0.29, 0.717) is 16.4 Å². The number of methoxy groups -OCH3 is 1. The Bertz CT molecular complexity index is 1150. The highest BCUT2D eigenvalue weighted by Gasteiger charge is 2.55. The number of benzene rings is 1. The highest BCUT2D eigenvalue weighted by atomic mass is 127. The smallest absolute Gasteiger partial charge is 0.255 e. The van der Waals surface area contributed by atoms with Crippen LogP contribution < -0.4 is 20.3 Å². The summed E-state index contributed by atoms with van der Waals surface area (Å²) in [5.74, 6) is -0.633. The maximum Gasteiger partial charge on any atom is 0.255 e. The summed E-state index contributed by atoms with van der Waals surface area (Å²) in [5.41, 5.74) is -0.515. The number of nitrogens with one attached hydrogen (secondary N) is 2. The number of hydrogen-bond donors (Lipinski definition) is 4. The lowest BCUT2D eigenvalue weighted by Crippen LogP contribution is -2.35. The van der Waals surface area contributed by atoms with Gasteiger partial charge in [-0.3, -0.25) is 14.1 Å². The van der Waals surface area contributed by atoms with Crippen LogP contribution in [0.4, 0.5) is 21.6 Å². The molecule has 1 saturated carbocycles. The molecule has 0 saturated heterocycles. The number of sulfonamides is 1. The molecule has 1 fully saturated rings. The first-order valence-corrected chi connectivity index (χ1v) is 11.9. The van der Waals surface area contributed by atoms with Crippen LogP contribution in [0.2, 0.25) is 0 Å². The van der Waals surface area contributed by atoms with E-state index >= 15 is 0 Å². The van der Waals surface area contributed by atoms with Crippen molar-refractivity contribution in [2.45, 2.75) is 30.1 Å². The van der Waals surface area contributed by atoms with Crippen LogP contribution in [0.15, 0.2) is 29.1 Å². The van der Waals surface area contributed by atoms with Gasteiger partial charge in [-0.1, -0.05) is 0 Å². The van der Waals surface area contributed by atoms with Crippen LogP contribution >= 0.6 is 22.6 Å². The van der Waals surface area contributed by atoms with Crippen molar-refractivity contribution in [1.29, 1.82) is 0 Å². The van der Waals surface area contributed by atoms with Crippen LogP contribution in [0, 0.1) is 9.39 Å². The Morgan fingerprint density at radius 3 is 2.58 bits per heavy atom. The summed E-state index contributed by atoms with van der Waals surface area (Å²) in [6, 6.07) is 5.54. The Balaban J connectivity index is 2.07. The molecule has 0 spiro atoms. The summed E-state index contributed by atoms with van der Waals surface area (Å²) in [5, 5.41) is 21.7. The zero-order chi connectivity index (χ0) is 23.0. The fourth-order valence-electron chi connectivity index (χ4n) is 3.26. The number of pyridine rings is 1. The lowest BCUT2D eigenvalue weighted by molar-refractivity contribution is 0.0858. The van der Waals surface area contributed by atoms with Gasteiger partial charge in [0.25, 0.3) is 5.56 Å². The Morgan fingerprint density at radius 1 is 1.35 bits per heavy atom. The molecule has 12 heteroatoms. The zero-order valence-corrected chi connectivity index (χ0v) is 19.8. The molecule has 170 valence electrons. The third kappa shape index (κ3) is 4.81. The number of anilines is 3. The molecule has 1 atom stereocenters. The van der Waals surface area contributed by atoms with Crippen molar-refractivity contribution in [3.8, 4) is 5.75 Å². The molecule has 3 rings (SSSR count). The summed E-state index contributed by atoms with van der Waals surface area (Å²) >= 11 is 1.96. The second-order valence-electron chi connectivity index (χ2n) is 7.41. The SMILES string of the molecule is COc1cc(=O)n(C)c(Nc2ccc(I)cc2F)c1NS(=O)(=O)C1(C[C@H](O)CO)CC1. The van der Waals surface area contributed by atoms with Crippen molar-refractivity contribution in [3.63, 3.8) is 0 Å². The topological polar surface area (TPSA) is 130 Å². The second-order valence-corrected chi connectivity index (χ2v) is 10.7. The van der Waals surface area contributed by atoms with Crippen LogP contribution in [0.1, 0.15) is 19.3 Å². The maximum atomic E-state index is 14.4. The standard InChI is InChI=1S/C19H23FIN3O6S/c1-24-16(27)8-15(30-2)17(18(24)22-14-4-3-11(21)7-13(14)20)23-31(28,29)19(5-6-19)9-12(26)10-25/h3-4,7-8,12,22-23,25-26H,5-6,9-10H2,1-2H3/t12-/m0/s1. The average molecular weight is 567 g/mol. The van der Waals surface area contributed by atoms with E-state index in [1.807, 2.05) is 22.6 Å². The first-order chi connectivity index (χ1) is 14.5. The summed E-state index contributed by atoms with van der Waals surface area (Å²) < 4.78 is 49.0. The molecule has 0 radical (unpaired) electrons. The van der Waals surface area contributed by atoms with E-state index in [4.69, 9.17) is 9.84 Å². The quantitative estimate of drug-likeness (QED) is 0.341. The predicted octanol–water partition coefficient (Wildman–Crippen LogP) is 1.90. The number of ether oxygens (including phenoxy) is 1. The molecule has 31 heavy (non-hydrogen) atoms. The van der Waals surface area contributed by atoms with E-state index in [9.17, 15) is 22.7 Å². The van der Waals surface area contributed by atoms with E-state index < -0.39 is 38.9 Å². The van der Waals surface area contributed by atoms with Gasteiger partial charge >= 0.3 is 0 Å². The van der Waals surface area contributed by atoms with E-state index in [0.717, 1.165) is 10.6 Å². The van der Waals surface area contributed by atoms with E-state index in [1.165, 1.54) is 26.3 Å². The number of rotatable bonds is 9. The van der Waals surface area contributed by atoms with Crippen LogP contribution in [0.25, 0.3) is 0 Å². The second kappa shape index (κ2) is 8.92. The minimum atomic E-state index is -4.05. The third-order valence-electron chi connectivity index (χ3n) is 5.24. The molecule has 1 aliphatic carbocycles. The summed E-state index contributed by atoms with van der Waals surface area (Å²) in [6.07, 6.45) is -0.703. The van der Waals surface area contributed by atoms with Crippen molar-refractivity contribution >= 4 is 49.8 Å². The molecule has 0 bridgehead atoms. The molecule has 0 aliphatic heterocycles. The van der Waals surface area contributed by atoms with Crippen molar-refractivity contribution < 1.29 is 27.8 Å². The van der Waals surface area contributed by atoms with Gasteiger partial charge in [-0.05, 0) is 60.1 Å². The molecule has 4 N–H and O–H groups in total. The lowest BCUT2D eigenvalue weighted by Gasteiger charge is -2.24. The number of nitrogens with zero attached hydrogens (tertiary/aromatic N) is 1. The molecular formula is C19H23FIN3O6S. The largest absolute Gasteiger partial charge is 0.494 e. The molecule has 1 aliphatic rings. The van der Waals surface area contributed by atoms with Crippen LogP contribution in [-0.2, 0) is 17.1 Å². The van der Waals surface area contributed by atoms with E-state index in [2.05, 4.69) is 10.0 Å². The Labute approximate surface area is 192 Å². The summed E-state index contributed by atoms with van der Waals surface area (Å²) in [6.45, 7) is -0.556. The lowest BCUT2D eigenvalue weighted by atomic mass is 10.2. The minimum absolute atomic E-state index is 0.00783. The minimum Gasteiger partial charge on any atom is -0.494 e. The Hall–Kier alpha value is -1.90. The fourth-order valence-corrected chi connectivity index (χ4v) is 5.45. The molecule has 2 aromatic rings. The fraction of sp³-hybridized carbons (Fsp3) is 0.421. The van der Waals surface area contributed by atoms with Gasteiger partial charge in [0.05, 0.1) is 30.3 Å². The van der Waals surface area contributed by atoms with Gasteiger partial charge in [0.1, 0.15) is 17.3 Å². The third-order valence-corrected chi connectivity index (χ3v) is 8.10. The van der Waals surface area contributed by atoms with Gasteiger partial charge in [0, 0.05) is 16.7 Å². The van der Waals surface area contributed by atoms with E-state index in [-0.39, 0.29) is 29.4 Å². The van der Waals surface area contributed by atoms with Crippen molar-refractivity contribution in [2.75, 3.05) is 23.8 Å². The summed E-state index contributed by atoms with van der Waals surface area (Å²) in [4.78, 5) is 12.4. The van der Waals surface area contributed by atoms with Gasteiger partial charge in [-0.15, -0.1) is 0 Å². The van der Waals surface area contributed by atoms with Crippen molar-refractivity contribution in [2.24, 2.45) is 7.05 Å². The molecule has 9 nitrogen and oxygen atoms in total. The Kier molecular flexibility index (Phi) is 6.84. The Morgan fingerprint density at radius 2 is 2.03 bits per heavy atom.